The molecule has 0 radical (unpaired) electrons. The summed E-state index contributed by atoms with van der Waals surface area (Å²) >= 11 is 6.08. The number of amides is 1. The van der Waals surface area contributed by atoms with Crippen LogP contribution in [-0.2, 0) is 9.53 Å². The molecule has 1 N–H and O–H groups in total. The number of carbonyl (C=O) groups is 1. The van der Waals surface area contributed by atoms with Gasteiger partial charge in [0.1, 0.15) is 5.38 Å². The molecule has 94 valence electrons. The van der Waals surface area contributed by atoms with Crippen molar-refractivity contribution in [3.05, 3.63) is 0 Å². The van der Waals surface area contributed by atoms with Gasteiger partial charge in [-0.05, 0) is 26.7 Å². The van der Waals surface area contributed by atoms with Gasteiger partial charge in [-0.15, -0.1) is 11.6 Å². The monoisotopic (exact) mass is 247 g/mol. The summed E-state index contributed by atoms with van der Waals surface area (Å²) in [5.74, 6) is -0.0568. The molecule has 1 amide bonds. The molecule has 1 atom stereocenters. The van der Waals surface area contributed by atoms with Crippen LogP contribution in [0, 0.1) is 0 Å². The first-order chi connectivity index (χ1) is 7.44. The first-order valence-corrected chi connectivity index (χ1v) is 6.38. The molecule has 16 heavy (non-hydrogen) atoms. The number of hydrogen-bond acceptors (Lipinski definition) is 2. The summed E-state index contributed by atoms with van der Waals surface area (Å²) in [4.78, 5) is 11.8. The summed E-state index contributed by atoms with van der Waals surface area (Å²) in [6, 6.07) is 0.333. The predicted molar refractivity (Wildman–Crippen MR) is 65.7 cm³/mol. The Morgan fingerprint density at radius 2 is 2.06 bits per heavy atom. The molecule has 1 fully saturated rings. The number of carbonyl (C=O) groups excluding carboxylic acids is 1. The molecule has 1 unspecified atom stereocenters. The van der Waals surface area contributed by atoms with Crippen LogP contribution >= 0.6 is 11.6 Å². The van der Waals surface area contributed by atoms with Crippen molar-refractivity contribution in [1.29, 1.82) is 0 Å². The van der Waals surface area contributed by atoms with Gasteiger partial charge in [-0.3, -0.25) is 4.79 Å². The molecule has 1 saturated carbocycles. The first kappa shape index (κ1) is 13.8. The Labute approximate surface area is 103 Å². The average Bonchev–Trinajstić information content (AvgIpc) is 2.69. The smallest absolute Gasteiger partial charge is 0.238 e. The van der Waals surface area contributed by atoms with Crippen LogP contribution in [0.15, 0.2) is 0 Å². The van der Waals surface area contributed by atoms with Crippen LogP contribution in [0.1, 0.15) is 46.0 Å². The Hall–Kier alpha value is -0.280. The number of halogens is 1. The Bertz CT molecular complexity index is 237. The van der Waals surface area contributed by atoms with E-state index in [-0.39, 0.29) is 11.5 Å². The van der Waals surface area contributed by atoms with Crippen LogP contribution in [0.2, 0.25) is 0 Å². The SMILES string of the molecule is COC(C)(C)CC(Cl)C(=O)NC1CCCC1. The van der Waals surface area contributed by atoms with Gasteiger partial charge in [-0.1, -0.05) is 12.8 Å². The normalized spacial score (nSPS) is 19.8. The van der Waals surface area contributed by atoms with E-state index in [1.165, 1.54) is 12.8 Å². The molecule has 0 saturated heterocycles. The van der Waals surface area contributed by atoms with Gasteiger partial charge in [0.15, 0.2) is 0 Å². The number of ether oxygens (including phenoxy) is 1. The van der Waals surface area contributed by atoms with E-state index in [9.17, 15) is 4.79 Å². The number of rotatable bonds is 5. The fourth-order valence-corrected chi connectivity index (χ4v) is 2.40. The molecule has 3 nitrogen and oxygen atoms in total. The van der Waals surface area contributed by atoms with Crippen molar-refractivity contribution in [2.24, 2.45) is 0 Å². The van der Waals surface area contributed by atoms with Crippen LogP contribution < -0.4 is 5.32 Å². The van der Waals surface area contributed by atoms with E-state index in [1.54, 1.807) is 7.11 Å². The quantitative estimate of drug-likeness (QED) is 0.758. The van der Waals surface area contributed by atoms with E-state index in [4.69, 9.17) is 16.3 Å². The standard InChI is InChI=1S/C12H22ClNO2/c1-12(2,16-3)8-10(13)11(15)14-9-6-4-5-7-9/h9-10H,4-8H2,1-3H3,(H,14,15). The molecule has 0 aromatic carbocycles. The van der Waals surface area contributed by atoms with E-state index in [1.807, 2.05) is 13.8 Å². The van der Waals surface area contributed by atoms with Crippen molar-refractivity contribution in [2.45, 2.75) is 63.0 Å². The van der Waals surface area contributed by atoms with Gasteiger partial charge >= 0.3 is 0 Å². The summed E-state index contributed by atoms with van der Waals surface area (Å²) in [7, 11) is 1.64. The third kappa shape index (κ3) is 4.30. The van der Waals surface area contributed by atoms with Crippen molar-refractivity contribution < 1.29 is 9.53 Å². The topological polar surface area (TPSA) is 38.3 Å². The van der Waals surface area contributed by atoms with E-state index < -0.39 is 5.38 Å². The minimum Gasteiger partial charge on any atom is -0.379 e. The maximum Gasteiger partial charge on any atom is 0.238 e. The van der Waals surface area contributed by atoms with Gasteiger partial charge in [0.25, 0.3) is 0 Å². The molecular formula is C12H22ClNO2. The first-order valence-electron chi connectivity index (χ1n) is 5.94. The van der Waals surface area contributed by atoms with Crippen molar-refractivity contribution in [2.75, 3.05) is 7.11 Å². The highest BCUT2D eigenvalue weighted by molar-refractivity contribution is 6.30. The summed E-state index contributed by atoms with van der Waals surface area (Å²) in [5, 5.41) is 2.49. The van der Waals surface area contributed by atoms with Crippen molar-refractivity contribution in [1.82, 2.24) is 5.32 Å². The highest BCUT2D eigenvalue weighted by Gasteiger charge is 2.28. The maximum absolute atomic E-state index is 11.8. The van der Waals surface area contributed by atoms with Gasteiger partial charge in [-0.2, -0.15) is 0 Å². The van der Waals surface area contributed by atoms with Crippen LogP contribution in [0.25, 0.3) is 0 Å². The van der Waals surface area contributed by atoms with E-state index in [0.29, 0.717) is 12.5 Å². The minimum absolute atomic E-state index is 0.0568. The Balaban J connectivity index is 2.35. The molecule has 1 aliphatic carbocycles. The average molecular weight is 248 g/mol. The summed E-state index contributed by atoms with van der Waals surface area (Å²) in [6.07, 6.45) is 5.12. The van der Waals surface area contributed by atoms with Crippen molar-refractivity contribution in [3.8, 4) is 0 Å². The second kappa shape index (κ2) is 5.87. The van der Waals surface area contributed by atoms with Gasteiger partial charge in [0.2, 0.25) is 5.91 Å². The second-order valence-corrected chi connectivity index (χ2v) is 5.65. The molecule has 1 aliphatic rings. The predicted octanol–water partition coefficient (Wildman–Crippen LogP) is 2.47. The molecule has 0 spiro atoms. The van der Waals surface area contributed by atoms with E-state index >= 15 is 0 Å². The van der Waals surface area contributed by atoms with Gasteiger partial charge in [0, 0.05) is 19.6 Å². The Kier molecular flexibility index (Phi) is 5.06. The third-order valence-corrected chi connectivity index (χ3v) is 3.56. The lowest BCUT2D eigenvalue weighted by Crippen LogP contribution is -2.41. The van der Waals surface area contributed by atoms with Crippen LogP contribution in [0.3, 0.4) is 0 Å². The Morgan fingerprint density at radius 3 is 2.56 bits per heavy atom. The zero-order valence-corrected chi connectivity index (χ0v) is 11.1. The van der Waals surface area contributed by atoms with E-state index in [2.05, 4.69) is 5.32 Å². The van der Waals surface area contributed by atoms with Crippen molar-refractivity contribution >= 4 is 17.5 Å². The lowest BCUT2D eigenvalue weighted by Gasteiger charge is -2.25. The minimum atomic E-state index is -0.504. The summed E-state index contributed by atoms with van der Waals surface area (Å²) in [5.41, 5.74) is -0.348. The zero-order valence-electron chi connectivity index (χ0n) is 10.4. The van der Waals surface area contributed by atoms with Crippen molar-refractivity contribution in [3.63, 3.8) is 0 Å². The maximum atomic E-state index is 11.8. The third-order valence-electron chi connectivity index (χ3n) is 3.21. The fourth-order valence-electron chi connectivity index (χ4n) is 1.97. The number of nitrogens with one attached hydrogen (secondary N) is 1. The molecular weight excluding hydrogens is 226 g/mol. The molecule has 1 rings (SSSR count). The Morgan fingerprint density at radius 1 is 1.50 bits per heavy atom. The lowest BCUT2D eigenvalue weighted by molar-refractivity contribution is -0.122. The number of hydrogen-bond donors (Lipinski definition) is 1. The summed E-state index contributed by atoms with van der Waals surface area (Å²) in [6.45, 7) is 3.87. The largest absolute Gasteiger partial charge is 0.379 e. The summed E-state index contributed by atoms with van der Waals surface area (Å²) < 4.78 is 5.26. The zero-order chi connectivity index (χ0) is 12.2. The lowest BCUT2D eigenvalue weighted by atomic mass is 10.0. The molecule has 0 heterocycles. The van der Waals surface area contributed by atoms with Crippen LogP contribution in [-0.4, -0.2) is 30.0 Å². The van der Waals surface area contributed by atoms with Crippen LogP contribution in [0.4, 0.5) is 0 Å². The molecule has 0 aromatic heterocycles. The number of alkyl halides is 1. The van der Waals surface area contributed by atoms with Crippen LogP contribution in [0.5, 0.6) is 0 Å². The molecule has 4 heteroatoms. The molecule has 0 aliphatic heterocycles. The highest BCUT2D eigenvalue weighted by Crippen LogP contribution is 2.21. The van der Waals surface area contributed by atoms with E-state index in [0.717, 1.165) is 12.8 Å². The molecule has 0 aromatic rings. The van der Waals surface area contributed by atoms with Gasteiger partial charge in [0.05, 0.1) is 5.60 Å². The van der Waals surface area contributed by atoms with Gasteiger partial charge in [-0.25, -0.2) is 0 Å². The van der Waals surface area contributed by atoms with Gasteiger partial charge < -0.3 is 10.1 Å². The fraction of sp³-hybridized carbons (Fsp3) is 0.917. The molecule has 0 bridgehead atoms. The second-order valence-electron chi connectivity index (χ2n) is 5.13. The number of methoxy groups -OCH3 is 1. The highest BCUT2D eigenvalue weighted by atomic mass is 35.5.